The van der Waals surface area contributed by atoms with E-state index in [0.29, 0.717) is 26.2 Å². The first kappa shape index (κ1) is 21.4. The smallest absolute Gasteiger partial charge is 0.249 e. The number of aromatic nitrogens is 2. The summed E-state index contributed by atoms with van der Waals surface area (Å²) < 4.78 is 13.7. The molecule has 1 aliphatic heterocycles. The molecular weight excluding hydrogens is 390 g/mol. The number of nitrogens with one attached hydrogen (secondary N) is 1. The lowest BCUT2D eigenvalue weighted by molar-refractivity contribution is -0.130. The summed E-state index contributed by atoms with van der Waals surface area (Å²) in [6.45, 7) is 4.90. The number of carbonyl (C=O) groups excluding carboxylic acids is 1. The van der Waals surface area contributed by atoms with Gasteiger partial charge < -0.3 is 19.4 Å². The predicted octanol–water partition coefficient (Wildman–Crippen LogP) is 4.04. The molecule has 31 heavy (non-hydrogen) atoms. The minimum Gasteiger partial charge on any atom is -0.493 e. The molecule has 1 aromatic heterocycles. The second-order valence-electron chi connectivity index (χ2n) is 8.03. The van der Waals surface area contributed by atoms with Crippen LogP contribution in [0.5, 0.6) is 5.75 Å². The number of hydrogen-bond donors (Lipinski definition) is 1. The molecular formula is C25H31N3O3. The Morgan fingerprint density at radius 3 is 2.87 bits per heavy atom. The highest BCUT2D eigenvalue weighted by Gasteiger charge is 2.23. The van der Waals surface area contributed by atoms with Gasteiger partial charge in [-0.25, -0.2) is 4.98 Å². The van der Waals surface area contributed by atoms with Crippen LogP contribution in [0.4, 0.5) is 0 Å². The Kier molecular flexibility index (Phi) is 7.20. The monoisotopic (exact) mass is 421 g/mol. The van der Waals surface area contributed by atoms with Gasteiger partial charge in [0.1, 0.15) is 17.7 Å². The van der Waals surface area contributed by atoms with Crippen molar-refractivity contribution in [1.29, 1.82) is 0 Å². The van der Waals surface area contributed by atoms with E-state index in [-0.39, 0.29) is 12.0 Å². The van der Waals surface area contributed by atoms with Gasteiger partial charge >= 0.3 is 0 Å². The van der Waals surface area contributed by atoms with Crippen molar-refractivity contribution in [2.75, 3.05) is 19.8 Å². The van der Waals surface area contributed by atoms with E-state index in [1.54, 1.807) is 0 Å². The standard InChI is InChI=1S/C25H31N3O3/c1-19-9-2-5-12-22(19)30-17-7-6-16-28-21-11-4-3-10-20(21)27-24(28)14-15-26-25(29)23-13-8-18-31-23/h2-5,9-12,23H,6-8,13-18H2,1H3,(H,26,29). The van der Waals surface area contributed by atoms with Crippen LogP contribution in [-0.4, -0.2) is 41.3 Å². The Labute approximate surface area is 183 Å². The van der Waals surface area contributed by atoms with Crippen LogP contribution in [0.2, 0.25) is 0 Å². The molecule has 3 aromatic rings. The van der Waals surface area contributed by atoms with Crippen LogP contribution in [0.1, 0.15) is 37.1 Å². The summed E-state index contributed by atoms with van der Waals surface area (Å²) in [7, 11) is 0. The number of carbonyl (C=O) groups is 1. The number of aryl methyl sites for hydroxylation is 2. The van der Waals surface area contributed by atoms with Gasteiger partial charge in [0.25, 0.3) is 0 Å². The molecule has 1 saturated heterocycles. The van der Waals surface area contributed by atoms with Crippen molar-refractivity contribution in [1.82, 2.24) is 14.9 Å². The Bertz CT molecular complexity index is 1010. The van der Waals surface area contributed by atoms with Crippen LogP contribution in [0, 0.1) is 6.92 Å². The zero-order valence-corrected chi connectivity index (χ0v) is 18.2. The molecule has 0 saturated carbocycles. The van der Waals surface area contributed by atoms with Gasteiger partial charge in [-0.05, 0) is 56.4 Å². The average Bonchev–Trinajstić information content (AvgIpc) is 3.43. The largest absolute Gasteiger partial charge is 0.493 e. The van der Waals surface area contributed by atoms with Crippen molar-refractivity contribution < 1.29 is 14.3 Å². The van der Waals surface area contributed by atoms with Crippen molar-refractivity contribution in [2.45, 2.75) is 51.7 Å². The molecule has 0 aliphatic carbocycles. The number of imidazole rings is 1. The fourth-order valence-corrected chi connectivity index (χ4v) is 4.03. The van der Waals surface area contributed by atoms with Gasteiger partial charge in [0.2, 0.25) is 5.91 Å². The van der Waals surface area contributed by atoms with Gasteiger partial charge in [-0.3, -0.25) is 4.79 Å². The van der Waals surface area contributed by atoms with E-state index in [0.717, 1.165) is 60.4 Å². The van der Waals surface area contributed by atoms with E-state index in [4.69, 9.17) is 14.5 Å². The summed E-state index contributed by atoms with van der Waals surface area (Å²) in [6, 6.07) is 16.3. The van der Waals surface area contributed by atoms with E-state index >= 15 is 0 Å². The molecule has 1 unspecified atom stereocenters. The number of nitrogens with zero attached hydrogens (tertiary/aromatic N) is 2. The molecule has 2 aromatic carbocycles. The van der Waals surface area contributed by atoms with E-state index in [1.165, 1.54) is 0 Å². The summed E-state index contributed by atoms with van der Waals surface area (Å²) in [5.74, 6) is 1.96. The maximum atomic E-state index is 12.2. The van der Waals surface area contributed by atoms with Gasteiger partial charge in [0, 0.05) is 26.1 Å². The Morgan fingerprint density at radius 2 is 2.03 bits per heavy atom. The number of hydrogen-bond acceptors (Lipinski definition) is 4. The molecule has 0 spiro atoms. The van der Waals surface area contributed by atoms with Crippen LogP contribution >= 0.6 is 0 Å². The minimum absolute atomic E-state index is 0.00600. The molecule has 1 aliphatic rings. The van der Waals surface area contributed by atoms with Gasteiger partial charge in [-0.1, -0.05) is 30.3 Å². The molecule has 1 fully saturated rings. The maximum absolute atomic E-state index is 12.2. The molecule has 1 atom stereocenters. The van der Waals surface area contributed by atoms with E-state index in [1.807, 2.05) is 36.4 Å². The van der Waals surface area contributed by atoms with E-state index < -0.39 is 0 Å². The van der Waals surface area contributed by atoms with Gasteiger partial charge in [-0.15, -0.1) is 0 Å². The third-order valence-electron chi connectivity index (χ3n) is 5.73. The fourth-order valence-electron chi connectivity index (χ4n) is 4.03. The highest BCUT2D eigenvalue weighted by atomic mass is 16.5. The molecule has 1 N–H and O–H groups in total. The number of rotatable bonds is 10. The highest BCUT2D eigenvalue weighted by Crippen LogP contribution is 2.19. The number of benzene rings is 2. The quantitative estimate of drug-likeness (QED) is 0.502. The molecule has 0 bridgehead atoms. The Hall–Kier alpha value is -2.86. The van der Waals surface area contributed by atoms with Crippen molar-refractivity contribution in [3.05, 3.63) is 59.9 Å². The fraction of sp³-hybridized carbons (Fsp3) is 0.440. The van der Waals surface area contributed by atoms with E-state index in [9.17, 15) is 4.79 Å². The molecule has 2 heterocycles. The van der Waals surface area contributed by atoms with Crippen molar-refractivity contribution >= 4 is 16.9 Å². The lowest BCUT2D eigenvalue weighted by Crippen LogP contribution is -2.35. The third-order valence-corrected chi connectivity index (χ3v) is 5.73. The van der Waals surface area contributed by atoms with Crippen molar-refractivity contribution in [3.63, 3.8) is 0 Å². The number of amides is 1. The first-order chi connectivity index (χ1) is 15.2. The molecule has 4 rings (SSSR count). The SMILES string of the molecule is Cc1ccccc1OCCCCn1c(CCNC(=O)C2CCCO2)nc2ccccc21. The average molecular weight is 422 g/mol. The normalized spacial score (nSPS) is 16.0. The number of unbranched alkanes of at least 4 members (excludes halogenated alkanes) is 1. The van der Waals surface area contributed by atoms with E-state index in [2.05, 4.69) is 28.9 Å². The van der Waals surface area contributed by atoms with Crippen molar-refractivity contribution in [3.8, 4) is 5.75 Å². The van der Waals surface area contributed by atoms with Crippen LogP contribution in [0.3, 0.4) is 0 Å². The predicted molar refractivity (Wildman–Crippen MR) is 121 cm³/mol. The zero-order chi connectivity index (χ0) is 21.5. The van der Waals surface area contributed by atoms with Gasteiger partial charge in [0.05, 0.1) is 17.6 Å². The van der Waals surface area contributed by atoms with Crippen molar-refractivity contribution in [2.24, 2.45) is 0 Å². The third kappa shape index (κ3) is 5.44. The Balaban J connectivity index is 1.31. The molecule has 1 amide bonds. The van der Waals surface area contributed by atoms with Crippen LogP contribution in [0.15, 0.2) is 48.5 Å². The minimum atomic E-state index is -0.285. The second-order valence-corrected chi connectivity index (χ2v) is 8.03. The summed E-state index contributed by atoms with van der Waals surface area (Å²) in [5.41, 5.74) is 3.30. The topological polar surface area (TPSA) is 65.4 Å². The Morgan fingerprint density at radius 1 is 1.19 bits per heavy atom. The first-order valence-corrected chi connectivity index (χ1v) is 11.2. The number of para-hydroxylation sites is 3. The molecule has 6 nitrogen and oxygen atoms in total. The first-order valence-electron chi connectivity index (χ1n) is 11.2. The lowest BCUT2D eigenvalue weighted by atomic mass is 10.2. The number of ether oxygens (including phenoxy) is 2. The summed E-state index contributed by atoms with van der Waals surface area (Å²) in [5, 5.41) is 3.01. The number of fused-ring (bicyclic) bond motifs is 1. The summed E-state index contributed by atoms with van der Waals surface area (Å²) in [4.78, 5) is 17.0. The highest BCUT2D eigenvalue weighted by molar-refractivity contribution is 5.81. The maximum Gasteiger partial charge on any atom is 0.249 e. The van der Waals surface area contributed by atoms with Crippen LogP contribution in [0.25, 0.3) is 11.0 Å². The zero-order valence-electron chi connectivity index (χ0n) is 18.2. The molecule has 164 valence electrons. The molecule has 0 radical (unpaired) electrons. The van der Waals surface area contributed by atoms with Gasteiger partial charge in [-0.2, -0.15) is 0 Å². The summed E-state index contributed by atoms with van der Waals surface area (Å²) >= 11 is 0. The molecule has 6 heteroatoms. The summed E-state index contributed by atoms with van der Waals surface area (Å²) in [6.07, 6.45) is 4.16. The van der Waals surface area contributed by atoms with Crippen LogP contribution < -0.4 is 10.1 Å². The van der Waals surface area contributed by atoms with Gasteiger partial charge in [0.15, 0.2) is 0 Å². The van der Waals surface area contributed by atoms with Crippen LogP contribution in [-0.2, 0) is 22.5 Å². The second kappa shape index (κ2) is 10.4. The lowest BCUT2D eigenvalue weighted by Gasteiger charge is -2.12.